The minimum absolute atomic E-state index is 0.144. The van der Waals surface area contributed by atoms with Gasteiger partial charge in [0.1, 0.15) is 3.53 Å². The second kappa shape index (κ2) is 5.08. The maximum atomic E-state index is 9.90. The van der Waals surface area contributed by atoms with Crippen LogP contribution in [-0.2, 0) is 4.79 Å². The first-order valence-electron chi connectivity index (χ1n) is 2.20. The Morgan fingerprint density at radius 3 is 2.67 bits per heavy atom. The molecule has 0 radical (unpaired) electrons. The van der Waals surface area contributed by atoms with Crippen LogP contribution in [0.2, 0.25) is 0 Å². The van der Waals surface area contributed by atoms with Crippen LogP contribution in [0.15, 0.2) is 0 Å². The standard InChI is InChI=1S/C4H6O2S3/c5-3(6)1-2-9-4(7)8/h1-2H2,(H,5,6)(H,7,8). The third-order valence-corrected chi connectivity index (χ3v) is 1.94. The number of thiol groups is 1. The van der Waals surface area contributed by atoms with Crippen LogP contribution in [0.4, 0.5) is 0 Å². The summed E-state index contributed by atoms with van der Waals surface area (Å²) >= 11 is 9.66. The highest BCUT2D eigenvalue weighted by Crippen LogP contribution is 2.08. The molecule has 0 amide bonds. The van der Waals surface area contributed by atoms with Crippen LogP contribution < -0.4 is 0 Å². The summed E-state index contributed by atoms with van der Waals surface area (Å²) in [6.07, 6.45) is 0.144. The van der Waals surface area contributed by atoms with E-state index in [1.165, 1.54) is 11.8 Å². The third-order valence-electron chi connectivity index (χ3n) is 0.541. The Bertz CT molecular complexity index is 109. The summed E-state index contributed by atoms with van der Waals surface area (Å²) in [6.45, 7) is 0. The van der Waals surface area contributed by atoms with Gasteiger partial charge in [-0.1, -0.05) is 12.2 Å². The second-order valence-corrected chi connectivity index (χ2v) is 4.08. The first-order chi connectivity index (χ1) is 4.13. The molecule has 0 saturated carbocycles. The third kappa shape index (κ3) is 8.26. The molecule has 0 unspecified atom stereocenters. The molecule has 0 aliphatic carbocycles. The number of carboxylic acid groups (broad SMARTS) is 1. The number of thioether (sulfide) groups is 1. The van der Waals surface area contributed by atoms with Gasteiger partial charge in [0, 0.05) is 5.75 Å². The summed E-state index contributed by atoms with van der Waals surface area (Å²) in [5.74, 6) is -0.287. The van der Waals surface area contributed by atoms with Crippen LogP contribution in [0.3, 0.4) is 0 Å². The predicted molar refractivity (Wildman–Crippen MR) is 46.3 cm³/mol. The van der Waals surface area contributed by atoms with E-state index in [0.717, 1.165) is 0 Å². The monoisotopic (exact) mass is 182 g/mol. The van der Waals surface area contributed by atoms with Crippen molar-refractivity contribution in [2.45, 2.75) is 6.42 Å². The average Bonchev–Trinajstić information content (AvgIpc) is 1.63. The number of aliphatic carboxylic acids is 1. The molecule has 0 aliphatic rings. The largest absolute Gasteiger partial charge is 0.481 e. The second-order valence-electron chi connectivity index (χ2n) is 1.26. The SMILES string of the molecule is O=C(O)CCSC(=S)S. The number of rotatable bonds is 3. The van der Waals surface area contributed by atoms with Crippen molar-refractivity contribution in [3.05, 3.63) is 0 Å². The molecule has 0 aromatic heterocycles. The molecule has 1 N–H and O–H groups in total. The van der Waals surface area contributed by atoms with Gasteiger partial charge in [-0.3, -0.25) is 4.79 Å². The molecule has 0 aromatic rings. The molecule has 9 heavy (non-hydrogen) atoms. The fraction of sp³-hybridized carbons (Fsp3) is 0.500. The maximum Gasteiger partial charge on any atom is 0.304 e. The highest BCUT2D eigenvalue weighted by atomic mass is 32.2. The van der Waals surface area contributed by atoms with Gasteiger partial charge in [-0.2, -0.15) is 0 Å². The summed E-state index contributed by atoms with van der Waals surface area (Å²) in [5, 5.41) is 8.14. The van der Waals surface area contributed by atoms with Crippen LogP contribution in [0, 0.1) is 0 Å². The molecular formula is C4H6O2S3. The van der Waals surface area contributed by atoms with Gasteiger partial charge in [-0.25, -0.2) is 0 Å². The molecule has 0 heterocycles. The highest BCUT2D eigenvalue weighted by molar-refractivity contribution is 8.41. The lowest BCUT2D eigenvalue weighted by Crippen LogP contribution is -1.96. The fourth-order valence-corrected chi connectivity index (χ4v) is 1.20. The van der Waals surface area contributed by atoms with E-state index in [0.29, 0.717) is 9.28 Å². The summed E-state index contributed by atoms with van der Waals surface area (Å²) in [5.41, 5.74) is 0. The van der Waals surface area contributed by atoms with Crippen LogP contribution in [0.5, 0.6) is 0 Å². The first-order valence-corrected chi connectivity index (χ1v) is 4.04. The van der Waals surface area contributed by atoms with Crippen LogP contribution in [-0.4, -0.2) is 20.4 Å². The van der Waals surface area contributed by atoms with Crippen LogP contribution in [0.1, 0.15) is 6.42 Å². The van der Waals surface area contributed by atoms with E-state index < -0.39 is 5.97 Å². The van der Waals surface area contributed by atoms with Crippen LogP contribution in [0.25, 0.3) is 0 Å². The molecular weight excluding hydrogens is 176 g/mol. The molecule has 2 nitrogen and oxygen atoms in total. The van der Waals surface area contributed by atoms with Crippen molar-refractivity contribution in [1.29, 1.82) is 0 Å². The molecule has 0 fully saturated rings. The van der Waals surface area contributed by atoms with Crippen molar-refractivity contribution in [3.8, 4) is 0 Å². The zero-order chi connectivity index (χ0) is 7.28. The highest BCUT2D eigenvalue weighted by Gasteiger charge is 1.96. The lowest BCUT2D eigenvalue weighted by Gasteiger charge is -1.91. The molecule has 0 aliphatic heterocycles. The summed E-state index contributed by atoms with van der Waals surface area (Å²) in [7, 11) is 0. The molecule has 0 aromatic carbocycles. The quantitative estimate of drug-likeness (QED) is 0.511. The Labute approximate surface area is 68.4 Å². The van der Waals surface area contributed by atoms with E-state index in [2.05, 4.69) is 24.8 Å². The normalized spacial score (nSPS) is 9.00. The molecule has 0 rings (SSSR count). The summed E-state index contributed by atoms with van der Waals surface area (Å²) < 4.78 is 0.497. The van der Waals surface area contributed by atoms with Crippen molar-refractivity contribution >= 4 is 46.1 Å². The van der Waals surface area contributed by atoms with E-state index in [1.54, 1.807) is 0 Å². The maximum absolute atomic E-state index is 9.90. The van der Waals surface area contributed by atoms with Gasteiger partial charge in [0.05, 0.1) is 6.42 Å². The van der Waals surface area contributed by atoms with Gasteiger partial charge in [0.15, 0.2) is 0 Å². The van der Waals surface area contributed by atoms with E-state index in [-0.39, 0.29) is 6.42 Å². The van der Waals surface area contributed by atoms with E-state index >= 15 is 0 Å². The van der Waals surface area contributed by atoms with E-state index in [4.69, 9.17) is 5.11 Å². The first kappa shape index (κ1) is 9.26. The Morgan fingerprint density at radius 2 is 2.33 bits per heavy atom. The molecule has 5 heteroatoms. The van der Waals surface area contributed by atoms with E-state index in [1.807, 2.05) is 0 Å². The Kier molecular flexibility index (Phi) is 5.22. The Balaban J connectivity index is 3.10. The van der Waals surface area contributed by atoms with Gasteiger partial charge in [-0.15, -0.1) is 24.4 Å². The van der Waals surface area contributed by atoms with Crippen molar-refractivity contribution in [1.82, 2.24) is 0 Å². The van der Waals surface area contributed by atoms with Crippen LogP contribution >= 0.6 is 36.6 Å². The lowest BCUT2D eigenvalue weighted by atomic mass is 10.5. The smallest absolute Gasteiger partial charge is 0.304 e. The molecule has 52 valence electrons. The predicted octanol–water partition coefficient (Wildman–Crippen LogP) is 1.41. The Morgan fingerprint density at radius 1 is 1.78 bits per heavy atom. The number of carbonyl (C=O) groups is 1. The number of hydrogen-bond acceptors (Lipinski definition) is 3. The minimum Gasteiger partial charge on any atom is -0.481 e. The van der Waals surface area contributed by atoms with E-state index in [9.17, 15) is 4.79 Å². The molecule has 0 saturated heterocycles. The number of thiocarbonyl (C=S) groups is 1. The molecule has 0 spiro atoms. The summed E-state index contributed by atoms with van der Waals surface area (Å²) in [4.78, 5) is 9.90. The molecule has 0 bridgehead atoms. The van der Waals surface area contributed by atoms with Gasteiger partial charge >= 0.3 is 5.97 Å². The van der Waals surface area contributed by atoms with Gasteiger partial charge < -0.3 is 5.11 Å². The lowest BCUT2D eigenvalue weighted by molar-refractivity contribution is -0.136. The van der Waals surface area contributed by atoms with Gasteiger partial charge in [-0.05, 0) is 0 Å². The minimum atomic E-state index is -0.799. The number of carboxylic acids is 1. The average molecular weight is 182 g/mol. The Hall–Kier alpha value is 0.260. The summed E-state index contributed by atoms with van der Waals surface area (Å²) in [6, 6.07) is 0. The zero-order valence-corrected chi connectivity index (χ0v) is 7.06. The van der Waals surface area contributed by atoms with Gasteiger partial charge in [0.2, 0.25) is 0 Å². The topological polar surface area (TPSA) is 37.3 Å². The van der Waals surface area contributed by atoms with Crippen molar-refractivity contribution in [2.75, 3.05) is 5.75 Å². The van der Waals surface area contributed by atoms with Crippen molar-refractivity contribution in [2.24, 2.45) is 0 Å². The fourth-order valence-electron chi connectivity index (χ4n) is 0.226. The number of hydrogen-bond donors (Lipinski definition) is 2. The zero-order valence-electron chi connectivity index (χ0n) is 4.53. The van der Waals surface area contributed by atoms with Gasteiger partial charge in [0.25, 0.3) is 0 Å². The van der Waals surface area contributed by atoms with Crippen molar-refractivity contribution < 1.29 is 9.90 Å². The molecule has 0 atom stereocenters. The van der Waals surface area contributed by atoms with Crippen molar-refractivity contribution in [3.63, 3.8) is 0 Å².